The van der Waals surface area contributed by atoms with E-state index in [9.17, 15) is 0 Å². The first-order valence-corrected chi connectivity index (χ1v) is 5.13. The normalized spacial score (nSPS) is 12.9. The number of halogens is 1. The molecule has 0 saturated carbocycles. The van der Waals surface area contributed by atoms with Crippen LogP contribution >= 0.6 is 11.6 Å². The van der Waals surface area contributed by atoms with E-state index in [1.165, 1.54) is 0 Å². The molecule has 7 heteroatoms. The lowest BCUT2D eigenvalue weighted by atomic mass is 10.1. The maximum absolute atomic E-state index is 5.70. The Morgan fingerprint density at radius 3 is 2.94 bits per heavy atom. The first-order chi connectivity index (χ1) is 7.69. The average molecular weight is 242 g/mol. The molecule has 0 bridgehead atoms. The second-order valence-corrected chi connectivity index (χ2v) is 3.82. The summed E-state index contributed by atoms with van der Waals surface area (Å²) in [7, 11) is 1.81. The van der Waals surface area contributed by atoms with Crippen molar-refractivity contribution in [1.29, 1.82) is 0 Å². The summed E-state index contributed by atoms with van der Waals surface area (Å²) in [5.41, 5.74) is 3.49. The third kappa shape index (κ3) is 2.41. The number of aromatic nitrogens is 3. The van der Waals surface area contributed by atoms with Gasteiger partial charge in [-0.25, -0.2) is 5.43 Å². The summed E-state index contributed by atoms with van der Waals surface area (Å²) in [5.74, 6) is 6.14. The van der Waals surface area contributed by atoms with Crippen molar-refractivity contribution in [3.63, 3.8) is 0 Å². The van der Waals surface area contributed by atoms with Crippen molar-refractivity contribution in [2.75, 3.05) is 0 Å². The summed E-state index contributed by atoms with van der Waals surface area (Å²) in [6.45, 7) is 0. The van der Waals surface area contributed by atoms with Crippen LogP contribution in [0.5, 0.6) is 0 Å². The van der Waals surface area contributed by atoms with E-state index < -0.39 is 0 Å². The number of furan rings is 1. The highest BCUT2D eigenvalue weighted by Crippen LogP contribution is 2.21. The van der Waals surface area contributed by atoms with Crippen LogP contribution in [0.2, 0.25) is 5.22 Å². The van der Waals surface area contributed by atoms with Crippen LogP contribution in [-0.2, 0) is 13.5 Å². The van der Waals surface area contributed by atoms with Gasteiger partial charge in [0, 0.05) is 19.7 Å². The molecule has 0 fully saturated rings. The summed E-state index contributed by atoms with van der Waals surface area (Å²) < 4.78 is 6.92. The van der Waals surface area contributed by atoms with E-state index >= 15 is 0 Å². The predicted octanol–water partition coefficient (Wildman–Crippen LogP) is 0.809. The number of nitrogens with zero attached hydrogens (tertiary/aromatic N) is 3. The van der Waals surface area contributed by atoms with E-state index in [4.69, 9.17) is 21.9 Å². The third-order valence-electron chi connectivity index (χ3n) is 2.20. The summed E-state index contributed by atoms with van der Waals surface area (Å²) in [4.78, 5) is 0. The van der Waals surface area contributed by atoms with E-state index in [2.05, 4.69) is 15.7 Å². The van der Waals surface area contributed by atoms with E-state index in [1.54, 1.807) is 16.8 Å². The summed E-state index contributed by atoms with van der Waals surface area (Å²) in [6, 6.07) is 3.30. The molecule has 0 aliphatic heterocycles. The summed E-state index contributed by atoms with van der Waals surface area (Å²) >= 11 is 5.70. The molecule has 2 aromatic rings. The van der Waals surface area contributed by atoms with Gasteiger partial charge in [0.2, 0.25) is 0 Å². The number of aryl methyl sites for hydroxylation is 1. The molecule has 16 heavy (non-hydrogen) atoms. The Balaban J connectivity index is 2.12. The molecule has 0 amide bonds. The fourth-order valence-corrected chi connectivity index (χ4v) is 1.61. The van der Waals surface area contributed by atoms with Crippen LogP contribution in [0.1, 0.15) is 17.5 Å². The fraction of sp³-hybridized carbons (Fsp3) is 0.333. The molecule has 0 aliphatic carbocycles. The fourth-order valence-electron chi connectivity index (χ4n) is 1.46. The summed E-state index contributed by atoms with van der Waals surface area (Å²) in [5, 5.41) is 8.16. The van der Waals surface area contributed by atoms with Crippen LogP contribution < -0.4 is 11.3 Å². The molecule has 1 atom stereocenters. The number of nitrogens with one attached hydrogen (secondary N) is 1. The molecule has 1 unspecified atom stereocenters. The first kappa shape index (κ1) is 11.1. The van der Waals surface area contributed by atoms with Gasteiger partial charge in [-0.05, 0) is 23.7 Å². The van der Waals surface area contributed by atoms with Gasteiger partial charge >= 0.3 is 0 Å². The van der Waals surface area contributed by atoms with Gasteiger partial charge in [-0.2, -0.15) is 0 Å². The van der Waals surface area contributed by atoms with E-state index in [0.717, 1.165) is 5.69 Å². The van der Waals surface area contributed by atoms with Crippen LogP contribution in [-0.4, -0.2) is 15.0 Å². The van der Waals surface area contributed by atoms with Crippen molar-refractivity contribution in [2.24, 2.45) is 12.9 Å². The molecule has 0 aromatic carbocycles. The molecule has 3 N–H and O–H groups in total. The van der Waals surface area contributed by atoms with Crippen molar-refractivity contribution in [2.45, 2.75) is 12.5 Å². The van der Waals surface area contributed by atoms with Gasteiger partial charge in [0.15, 0.2) is 5.22 Å². The van der Waals surface area contributed by atoms with Gasteiger partial charge in [0.05, 0.1) is 11.7 Å². The highest BCUT2D eigenvalue weighted by atomic mass is 35.5. The highest BCUT2D eigenvalue weighted by molar-refractivity contribution is 6.28. The molecule has 86 valence electrons. The van der Waals surface area contributed by atoms with Crippen molar-refractivity contribution >= 4 is 11.6 Å². The largest absolute Gasteiger partial charge is 0.448 e. The van der Waals surface area contributed by atoms with Crippen molar-refractivity contribution in [1.82, 2.24) is 20.4 Å². The number of nitrogens with two attached hydrogens (primary N) is 1. The molecule has 0 spiro atoms. The lowest BCUT2D eigenvalue weighted by Gasteiger charge is -2.10. The van der Waals surface area contributed by atoms with Crippen molar-refractivity contribution in [3.8, 4) is 0 Å². The maximum atomic E-state index is 5.70. The number of hydrogen-bond donors (Lipinski definition) is 2. The minimum Gasteiger partial charge on any atom is -0.448 e. The molecule has 0 saturated heterocycles. The Morgan fingerprint density at radius 2 is 2.44 bits per heavy atom. The van der Waals surface area contributed by atoms with Crippen LogP contribution in [0.25, 0.3) is 0 Å². The number of hydrogen-bond acceptors (Lipinski definition) is 5. The third-order valence-corrected chi connectivity index (χ3v) is 2.41. The summed E-state index contributed by atoms with van der Waals surface area (Å²) in [6.07, 6.45) is 2.42. The smallest absolute Gasteiger partial charge is 0.193 e. The molecule has 0 radical (unpaired) electrons. The quantitative estimate of drug-likeness (QED) is 0.612. The van der Waals surface area contributed by atoms with Crippen LogP contribution in [0, 0.1) is 0 Å². The van der Waals surface area contributed by atoms with Crippen LogP contribution in [0.3, 0.4) is 0 Å². The highest BCUT2D eigenvalue weighted by Gasteiger charge is 2.16. The molecule has 2 heterocycles. The van der Waals surface area contributed by atoms with Crippen LogP contribution in [0.4, 0.5) is 0 Å². The van der Waals surface area contributed by atoms with Crippen molar-refractivity contribution < 1.29 is 4.42 Å². The zero-order valence-corrected chi connectivity index (χ0v) is 9.48. The lowest BCUT2D eigenvalue weighted by molar-refractivity contribution is 0.415. The van der Waals surface area contributed by atoms with Gasteiger partial charge in [0.25, 0.3) is 0 Å². The average Bonchev–Trinajstić information content (AvgIpc) is 2.84. The molecular formula is C9H12ClN5O. The zero-order chi connectivity index (χ0) is 11.5. The minimum absolute atomic E-state index is 0.163. The van der Waals surface area contributed by atoms with Crippen molar-refractivity contribution in [3.05, 3.63) is 35.0 Å². The SMILES string of the molecule is Cn1cc(CC(NN)c2ccc(Cl)o2)nn1. The molecule has 0 aliphatic rings. The molecule has 2 aromatic heterocycles. The Bertz CT molecular complexity index is 466. The molecule has 6 nitrogen and oxygen atoms in total. The van der Waals surface area contributed by atoms with Gasteiger partial charge in [-0.1, -0.05) is 5.21 Å². The standard InChI is InChI=1S/C9H12ClN5O/c1-15-5-6(13-14-15)4-7(12-11)8-2-3-9(10)16-8/h2-3,5,7,12H,4,11H2,1H3. The van der Waals surface area contributed by atoms with E-state index in [0.29, 0.717) is 17.4 Å². The number of rotatable bonds is 4. The Hall–Kier alpha value is -1.37. The van der Waals surface area contributed by atoms with E-state index in [1.807, 2.05) is 13.2 Å². The van der Waals surface area contributed by atoms with Gasteiger partial charge in [-0.3, -0.25) is 10.5 Å². The Morgan fingerprint density at radius 1 is 1.62 bits per heavy atom. The first-order valence-electron chi connectivity index (χ1n) is 4.75. The van der Waals surface area contributed by atoms with Crippen LogP contribution in [0.15, 0.2) is 22.7 Å². The number of hydrazine groups is 1. The topological polar surface area (TPSA) is 81.9 Å². The molecule has 2 rings (SSSR count). The maximum Gasteiger partial charge on any atom is 0.193 e. The monoisotopic (exact) mass is 241 g/mol. The Labute approximate surface area is 97.3 Å². The van der Waals surface area contributed by atoms with Gasteiger partial charge in [-0.15, -0.1) is 5.10 Å². The second-order valence-electron chi connectivity index (χ2n) is 3.45. The minimum atomic E-state index is -0.163. The lowest BCUT2D eigenvalue weighted by Crippen LogP contribution is -2.29. The van der Waals surface area contributed by atoms with Gasteiger partial charge in [0.1, 0.15) is 5.76 Å². The Kier molecular flexibility index (Phi) is 3.23. The second kappa shape index (κ2) is 4.65. The predicted molar refractivity (Wildman–Crippen MR) is 58.5 cm³/mol. The molecular weight excluding hydrogens is 230 g/mol. The van der Waals surface area contributed by atoms with E-state index in [-0.39, 0.29) is 6.04 Å². The van der Waals surface area contributed by atoms with Gasteiger partial charge < -0.3 is 4.42 Å². The zero-order valence-electron chi connectivity index (χ0n) is 8.72.